The van der Waals surface area contributed by atoms with Gasteiger partial charge >= 0.3 is 0 Å². The van der Waals surface area contributed by atoms with Crippen molar-refractivity contribution in [2.75, 3.05) is 0 Å². The van der Waals surface area contributed by atoms with E-state index >= 15 is 0 Å². The van der Waals surface area contributed by atoms with Crippen LogP contribution in [0.25, 0.3) is 0 Å². The molecule has 0 aromatic carbocycles. The van der Waals surface area contributed by atoms with E-state index in [1.165, 1.54) is 0 Å². The summed E-state index contributed by atoms with van der Waals surface area (Å²) in [5, 5.41) is 0. The molecule has 0 aliphatic heterocycles. The topological polar surface area (TPSA) is 0 Å². The first-order chi connectivity index (χ1) is 35.4. The van der Waals surface area contributed by atoms with Crippen LogP contribution in [0.15, 0.2) is 0 Å². The molecule has 0 unspecified atom stereocenters. The summed E-state index contributed by atoms with van der Waals surface area (Å²) in [6.45, 7) is 0. The van der Waals surface area contributed by atoms with Crippen LogP contribution in [0, 0.1) is 0 Å². The maximum atomic E-state index is 6.88. The van der Waals surface area contributed by atoms with Gasteiger partial charge in [-0.2, -0.15) is 0 Å². The largest absolute Gasteiger partial charge is 0.729 e. The molecular formula is B78-2. The minimum atomic E-state index is -1.89. The van der Waals surface area contributed by atoms with Crippen molar-refractivity contribution in [3.8, 4) is 0 Å². The van der Waals surface area contributed by atoms with Crippen LogP contribution in [-0.4, -0.2) is 552 Å². The summed E-state index contributed by atoms with van der Waals surface area (Å²) in [7, 11) is 274. The molecule has 236 valence electrons. The SMILES string of the molecule is [B]B([B])B(B([B])[B])B(B(B([B])[B])B([B])[B])B(B(B(B([B])[B])B([B])[B])B(B([B])[B])B([B])[B])B(B(B(B([B])[B])B([B])[B])B(B([B])[B])B([B])[B])B(B(B(B([B])[B])B([B])[B])B(B([B])[B])B([B])[B])B(B(B([B])[B])B([B])[B])B(B([B])[B])B([B-])[B-]. The molecule has 82 radical (unpaired) electrons. The van der Waals surface area contributed by atoms with Gasteiger partial charge in [-0.05, 0) is 524 Å². The van der Waals surface area contributed by atoms with Crippen LogP contribution in [0.2, 0.25) is 0 Å². The number of hydrogen-bond donors (Lipinski definition) is 0. The molecule has 0 spiro atoms. The quantitative estimate of drug-likeness (QED) is 0.0547. The maximum Gasteiger partial charge on any atom is -0.0000000000000000000447 e. The summed E-state index contributed by atoms with van der Waals surface area (Å²) < 4.78 is 0. The summed E-state index contributed by atoms with van der Waals surface area (Å²) >= 11 is 0. The van der Waals surface area contributed by atoms with Crippen molar-refractivity contribution in [1.82, 2.24) is 0 Å². The van der Waals surface area contributed by atoms with Gasteiger partial charge in [0.1, 0.15) is 0 Å². The summed E-state index contributed by atoms with van der Waals surface area (Å²) in [5.74, 6) is 0. The molecule has 0 aromatic heterocycles. The van der Waals surface area contributed by atoms with Crippen molar-refractivity contribution in [2.45, 2.75) is 0 Å². The Morgan fingerprint density at radius 1 is 0.103 bits per heavy atom. The van der Waals surface area contributed by atoms with Gasteiger partial charge in [0.05, 0.1) is 0 Å². The van der Waals surface area contributed by atoms with Gasteiger partial charge in [-0.3, -0.25) is 0 Å². The number of rotatable bonds is 37. The lowest BCUT2D eigenvalue weighted by molar-refractivity contribution is 3.14. The van der Waals surface area contributed by atoms with E-state index in [0.29, 0.717) is 0 Å². The lowest BCUT2D eigenvalue weighted by Crippen LogP contribution is -2.99. The monoisotopic (exact) mass is 859 g/mol. The zero-order valence-corrected chi connectivity index (χ0v) is 45.0. The predicted octanol–water partition coefficient (Wildman–Crippen LogP) is -29.7. The van der Waals surface area contributed by atoms with Crippen LogP contribution < -0.4 is 0 Å². The molecule has 0 aromatic rings. The Morgan fingerprint density at radius 3 is 0.231 bits per heavy atom. The molecule has 0 aliphatic rings. The van der Waals surface area contributed by atoms with Gasteiger partial charge < -0.3 is 21.9 Å². The molecule has 78 heavy (non-hydrogen) atoms. The second-order valence-corrected chi connectivity index (χ2v) is 21.9. The van der Waals surface area contributed by atoms with Gasteiger partial charge in [0, 0.05) is 0 Å². The zero-order valence-electron chi connectivity index (χ0n) is 45.0. The molecule has 0 amide bonds. The molecule has 0 rings (SSSR count). The third-order valence-electron chi connectivity index (χ3n) is 16.4. The fourth-order valence-electron chi connectivity index (χ4n) is 13.9. The first kappa shape index (κ1) is 83.1. The third-order valence-corrected chi connectivity index (χ3v) is 16.4. The highest BCUT2D eigenvalue weighted by atomic mass is 13.5. The fraction of sp³-hybridized carbons (Fsp3) is 0. The van der Waals surface area contributed by atoms with Crippen LogP contribution in [-0.2, 0) is 0 Å². The first-order valence-electron chi connectivity index (χ1n) is 25.7. The van der Waals surface area contributed by atoms with E-state index in [2.05, 4.69) is 0 Å². The van der Waals surface area contributed by atoms with Crippen LogP contribution in [0.3, 0.4) is 0 Å². The molecular weight excluding hydrogens is 843 g/mol. The highest BCUT2D eigenvalue weighted by Gasteiger charge is 2.65. The normalized spacial score (nSPS) is 9.82. The van der Waals surface area contributed by atoms with Crippen molar-refractivity contribution >= 4 is 552 Å². The number of hydrogen-bond acceptors (Lipinski definition) is 0. The van der Waals surface area contributed by atoms with E-state index in [9.17, 15) is 0 Å². The smallest absolute Gasteiger partial charge is 0.0000000000000000000447 e. The maximum absolute atomic E-state index is 6.88. The van der Waals surface area contributed by atoms with Crippen molar-refractivity contribution in [3.05, 3.63) is 0 Å². The molecule has 0 saturated heterocycles. The zero-order chi connectivity index (χ0) is 61.9. The molecule has 0 nitrogen and oxygen atoms in total. The summed E-state index contributed by atoms with van der Waals surface area (Å²) in [6, 6.07) is 0. The van der Waals surface area contributed by atoms with Crippen molar-refractivity contribution in [2.24, 2.45) is 0 Å². The molecule has 78 heteroatoms. The molecule has 0 aliphatic carbocycles. The van der Waals surface area contributed by atoms with Crippen molar-refractivity contribution < 1.29 is 0 Å². The van der Waals surface area contributed by atoms with Crippen molar-refractivity contribution in [1.29, 1.82) is 0 Å². The highest BCUT2D eigenvalue weighted by molar-refractivity contribution is 8.41. The van der Waals surface area contributed by atoms with Gasteiger partial charge in [-0.1, -0.05) is 6.39 Å². The van der Waals surface area contributed by atoms with Gasteiger partial charge in [-0.25, -0.2) is 0 Å². The highest BCUT2D eigenvalue weighted by Crippen LogP contribution is 2.27. The molecule has 0 bridgehead atoms. The van der Waals surface area contributed by atoms with Gasteiger partial charge in [0.15, 0.2) is 0 Å². The fourth-order valence-corrected chi connectivity index (χ4v) is 13.9. The van der Waals surface area contributed by atoms with E-state index in [0.717, 1.165) is 0 Å². The summed E-state index contributed by atoms with van der Waals surface area (Å²) in [4.78, 5) is 0. The van der Waals surface area contributed by atoms with Gasteiger partial charge in [-0.15, -0.1) is 0 Å². The average molecular weight is 843 g/mol. The van der Waals surface area contributed by atoms with E-state index in [4.69, 9.17) is 309 Å². The minimum Gasteiger partial charge on any atom is -0.729 e. The Labute approximate surface area is 546 Å². The first-order valence-corrected chi connectivity index (χ1v) is 25.7. The molecule has 0 atom stereocenters. The lowest BCUT2D eigenvalue weighted by atomic mass is 8.20. The van der Waals surface area contributed by atoms with Crippen LogP contribution in [0.5, 0.6) is 0 Å². The Hall–Kier alpha value is 5.06. The Bertz CT molecular complexity index is 1160. The molecule has 0 fully saturated rings. The van der Waals surface area contributed by atoms with Crippen LogP contribution in [0.4, 0.5) is 0 Å². The Balaban J connectivity index is 12.5. The minimum absolute atomic E-state index is 1.57. The van der Waals surface area contributed by atoms with E-state index < -0.39 is 243 Å². The van der Waals surface area contributed by atoms with Crippen LogP contribution >= 0.6 is 0 Å². The van der Waals surface area contributed by atoms with Gasteiger partial charge in [0.25, 0.3) is 0 Å². The average Bonchev–Trinajstić information content (AvgIpc) is 3.20. The molecule has 0 saturated carbocycles. The lowest BCUT2D eigenvalue weighted by Gasteiger charge is -2.63. The standard InChI is InChI=1S/B78/c1-41(2)61(42(3)4)71(62(43(5)6)44(7)8)76(72(63(45(9)10)46(11)12)64(47(13)14)48(15)16)78(75(69(57(33)34)58(35)36)70(59(37)38)60(39)40)77(73(65(49(17)18)50(19)20)66(51(21)22)52(23)24)74(67(53(25)26)54(27)28)68(55(29)30)56(31)32/q-2. The van der Waals surface area contributed by atoms with E-state index in [1.54, 1.807) is 0 Å². The van der Waals surface area contributed by atoms with Crippen LogP contribution in [0.1, 0.15) is 0 Å². The third kappa shape index (κ3) is 22.2. The predicted molar refractivity (Wildman–Crippen MR) is 449 cm³/mol. The van der Waals surface area contributed by atoms with E-state index in [-0.39, 0.29) is 0 Å². The molecule has 0 heterocycles. The second kappa shape index (κ2) is 38.0. The van der Waals surface area contributed by atoms with Gasteiger partial charge in [0.2, 0.25) is 0 Å². The molecule has 0 N–H and O–H groups in total. The Morgan fingerprint density at radius 2 is 0.167 bits per heavy atom. The second-order valence-electron chi connectivity index (χ2n) is 21.9. The van der Waals surface area contributed by atoms with Crippen molar-refractivity contribution in [3.63, 3.8) is 0 Å². The summed E-state index contributed by atoms with van der Waals surface area (Å²) in [6.07, 6.45) is -63.1. The van der Waals surface area contributed by atoms with E-state index in [1.807, 2.05) is 0 Å². The Kier molecular flexibility index (Phi) is 40.5. The summed E-state index contributed by atoms with van der Waals surface area (Å²) in [5.41, 5.74) is 0.